The van der Waals surface area contributed by atoms with E-state index in [0.29, 0.717) is 16.7 Å². The molecule has 128 valence electrons. The third-order valence-corrected chi connectivity index (χ3v) is 4.31. The highest BCUT2D eigenvalue weighted by molar-refractivity contribution is 6.30. The van der Waals surface area contributed by atoms with Crippen LogP contribution in [0.5, 0.6) is 5.75 Å². The zero-order valence-corrected chi connectivity index (χ0v) is 15.0. The number of hydrogen-bond donors (Lipinski definition) is 1. The van der Waals surface area contributed by atoms with Gasteiger partial charge in [-0.15, -0.1) is 0 Å². The van der Waals surface area contributed by atoms with Gasteiger partial charge in [-0.1, -0.05) is 25.4 Å². The molecule has 0 saturated carbocycles. The predicted molar refractivity (Wildman–Crippen MR) is 94.0 cm³/mol. The fraction of sp³-hybridized carbons (Fsp3) is 0.611. The molecule has 1 aromatic carbocycles. The van der Waals surface area contributed by atoms with Gasteiger partial charge in [0.15, 0.2) is 6.10 Å². The Morgan fingerprint density at radius 1 is 1.26 bits per heavy atom. The molecule has 1 aliphatic heterocycles. The molecule has 1 heterocycles. The number of hydrogen-bond acceptors (Lipinski definition) is 3. The number of carbonyl (C=O) groups excluding carboxylic acids is 1. The zero-order valence-electron chi connectivity index (χ0n) is 14.2. The number of piperidine rings is 1. The summed E-state index contributed by atoms with van der Waals surface area (Å²) in [4.78, 5) is 14.7. The monoisotopic (exact) mass is 338 g/mol. The molecule has 1 aliphatic rings. The summed E-state index contributed by atoms with van der Waals surface area (Å²) in [7, 11) is 0. The first-order valence-electron chi connectivity index (χ1n) is 8.39. The molecule has 1 saturated heterocycles. The number of carbonyl (C=O) groups is 1. The molecule has 2 rings (SSSR count). The van der Waals surface area contributed by atoms with Crippen molar-refractivity contribution in [3.63, 3.8) is 0 Å². The normalized spacial score (nSPS) is 18.0. The lowest BCUT2D eigenvalue weighted by atomic mass is 10.0. The van der Waals surface area contributed by atoms with Gasteiger partial charge >= 0.3 is 0 Å². The molecule has 23 heavy (non-hydrogen) atoms. The van der Waals surface area contributed by atoms with Gasteiger partial charge in [0.25, 0.3) is 5.91 Å². The van der Waals surface area contributed by atoms with E-state index < -0.39 is 6.10 Å². The Bertz CT molecular complexity index is 496. The van der Waals surface area contributed by atoms with Crippen molar-refractivity contribution in [1.29, 1.82) is 0 Å². The Morgan fingerprint density at radius 2 is 1.87 bits per heavy atom. The predicted octanol–water partition coefficient (Wildman–Crippen LogP) is 3.34. The van der Waals surface area contributed by atoms with Gasteiger partial charge < -0.3 is 15.0 Å². The number of amides is 1. The molecule has 1 aromatic rings. The van der Waals surface area contributed by atoms with Crippen LogP contribution in [0.15, 0.2) is 24.3 Å². The van der Waals surface area contributed by atoms with Gasteiger partial charge in [0, 0.05) is 30.7 Å². The van der Waals surface area contributed by atoms with Gasteiger partial charge in [0.1, 0.15) is 5.75 Å². The number of benzene rings is 1. The van der Waals surface area contributed by atoms with E-state index in [0.717, 1.165) is 32.5 Å². The molecule has 0 radical (unpaired) electrons. The van der Waals surface area contributed by atoms with E-state index in [2.05, 4.69) is 24.1 Å². The summed E-state index contributed by atoms with van der Waals surface area (Å²) in [5, 5.41) is 3.76. The van der Waals surface area contributed by atoms with Crippen molar-refractivity contribution in [2.45, 2.75) is 45.8 Å². The van der Waals surface area contributed by atoms with Crippen LogP contribution < -0.4 is 10.1 Å². The molecule has 0 aliphatic carbocycles. The third-order valence-electron chi connectivity index (χ3n) is 4.05. The average Bonchev–Trinajstić information content (AvgIpc) is 2.51. The van der Waals surface area contributed by atoms with Crippen LogP contribution in [0.2, 0.25) is 5.02 Å². The SMILES string of the molecule is CC(C)CN1CCC(NC(=O)[C@H](C)Oc2ccc(Cl)cc2)CC1. The van der Waals surface area contributed by atoms with E-state index in [-0.39, 0.29) is 11.9 Å². The maximum atomic E-state index is 12.3. The van der Waals surface area contributed by atoms with Crippen LogP contribution in [-0.4, -0.2) is 42.6 Å². The summed E-state index contributed by atoms with van der Waals surface area (Å²) in [6, 6.07) is 7.31. The van der Waals surface area contributed by atoms with Crippen molar-refractivity contribution in [3.05, 3.63) is 29.3 Å². The van der Waals surface area contributed by atoms with Crippen LogP contribution in [0.1, 0.15) is 33.6 Å². The quantitative estimate of drug-likeness (QED) is 0.865. The molecule has 0 spiro atoms. The van der Waals surface area contributed by atoms with Crippen molar-refractivity contribution >= 4 is 17.5 Å². The van der Waals surface area contributed by atoms with Gasteiger partial charge in [-0.2, -0.15) is 0 Å². The van der Waals surface area contributed by atoms with Crippen LogP contribution in [0.4, 0.5) is 0 Å². The van der Waals surface area contributed by atoms with Gasteiger partial charge in [-0.25, -0.2) is 0 Å². The second-order valence-corrected chi connectivity index (χ2v) is 7.13. The van der Waals surface area contributed by atoms with Crippen LogP contribution in [0.3, 0.4) is 0 Å². The lowest BCUT2D eigenvalue weighted by Crippen LogP contribution is -2.48. The Kier molecular flexibility index (Phi) is 6.72. The number of rotatable bonds is 6. The van der Waals surface area contributed by atoms with Gasteiger partial charge in [-0.3, -0.25) is 4.79 Å². The average molecular weight is 339 g/mol. The van der Waals surface area contributed by atoms with Gasteiger partial charge in [0.2, 0.25) is 0 Å². The number of likely N-dealkylation sites (tertiary alicyclic amines) is 1. The maximum Gasteiger partial charge on any atom is 0.260 e. The van der Waals surface area contributed by atoms with Crippen LogP contribution in [-0.2, 0) is 4.79 Å². The largest absolute Gasteiger partial charge is 0.481 e. The van der Waals surface area contributed by atoms with E-state index in [1.807, 2.05) is 0 Å². The topological polar surface area (TPSA) is 41.6 Å². The molecule has 4 nitrogen and oxygen atoms in total. The van der Waals surface area contributed by atoms with Crippen molar-refractivity contribution < 1.29 is 9.53 Å². The van der Waals surface area contributed by atoms with Crippen molar-refractivity contribution in [2.24, 2.45) is 5.92 Å². The zero-order chi connectivity index (χ0) is 16.8. The van der Waals surface area contributed by atoms with E-state index in [1.54, 1.807) is 31.2 Å². The molecule has 1 amide bonds. The van der Waals surface area contributed by atoms with Gasteiger partial charge in [-0.05, 0) is 49.9 Å². The summed E-state index contributed by atoms with van der Waals surface area (Å²) in [6.07, 6.45) is 1.50. The maximum absolute atomic E-state index is 12.3. The van der Waals surface area contributed by atoms with Gasteiger partial charge in [0.05, 0.1) is 0 Å². The van der Waals surface area contributed by atoms with E-state index in [9.17, 15) is 4.79 Å². The Morgan fingerprint density at radius 3 is 2.43 bits per heavy atom. The lowest BCUT2D eigenvalue weighted by molar-refractivity contribution is -0.128. The first kappa shape index (κ1) is 18.1. The number of halogens is 1. The highest BCUT2D eigenvalue weighted by Crippen LogP contribution is 2.17. The molecule has 0 aromatic heterocycles. The smallest absolute Gasteiger partial charge is 0.260 e. The molecule has 0 bridgehead atoms. The molecule has 5 heteroatoms. The molecule has 1 N–H and O–H groups in total. The Hall–Kier alpha value is -1.26. The standard InChI is InChI=1S/C18H27ClN2O2/c1-13(2)12-21-10-8-16(9-11-21)20-18(22)14(3)23-17-6-4-15(19)5-7-17/h4-7,13-14,16H,8-12H2,1-3H3,(H,20,22)/t14-/m0/s1. The number of nitrogens with one attached hydrogen (secondary N) is 1. The van der Waals surface area contributed by atoms with Crippen LogP contribution >= 0.6 is 11.6 Å². The summed E-state index contributed by atoms with van der Waals surface area (Å²) in [5.74, 6) is 1.29. The van der Waals surface area contributed by atoms with Crippen molar-refractivity contribution in [2.75, 3.05) is 19.6 Å². The van der Waals surface area contributed by atoms with E-state index in [1.165, 1.54) is 0 Å². The molecular weight excluding hydrogens is 312 g/mol. The van der Waals surface area contributed by atoms with Crippen molar-refractivity contribution in [3.8, 4) is 5.75 Å². The third kappa shape index (κ3) is 6.04. The fourth-order valence-electron chi connectivity index (χ4n) is 2.87. The Balaban J connectivity index is 1.75. The second-order valence-electron chi connectivity index (χ2n) is 6.69. The first-order chi connectivity index (χ1) is 10.9. The summed E-state index contributed by atoms with van der Waals surface area (Å²) in [6.45, 7) is 9.49. The highest BCUT2D eigenvalue weighted by Gasteiger charge is 2.23. The lowest BCUT2D eigenvalue weighted by Gasteiger charge is -2.33. The second kappa shape index (κ2) is 8.55. The summed E-state index contributed by atoms with van der Waals surface area (Å²) >= 11 is 5.84. The minimum atomic E-state index is -0.509. The minimum Gasteiger partial charge on any atom is -0.481 e. The molecule has 1 fully saturated rings. The first-order valence-corrected chi connectivity index (χ1v) is 8.77. The molecule has 1 atom stereocenters. The van der Waals surface area contributed by atoms with E-state index >= 15 is 0 Å². The summed E-state index contributed by atoms with van der Waals surface area (Å²) < 4.78 is 5.67. The molecule has 0 unspecified atom stereocenters. The highest BCUT2D eigenvalue weighted by atomic mass is 35.5. The fourth-order valence-corrected chi connectivity index (χ4v) is 2.99. The number of nitrogens with zero attached hydrogens (tertiary/aromatic N) is 1. The molecular formula is C18H27ClN2O2. The minimum absolute atomic E-state index is 0.0535. The summed E-state index contributed by atoms with van der Waals surface area (Å²) in [5.41, 5.74) is 0. The van der Waals surface area contributed by atoms with Crippen molar-refractivity contribution in [1.82, 2.24) is 10.2 Å². The van der Waals surface area contributed by atoms with E-state index in [4.69, 9.17) is 16.3 Å². The van der Waals surface area contributed by atoms with Crippen LogP contribution in [0, 0.1) is 5.92 Å². The number of ether oxygens (including phenoxy) is 1. The Labute approximate surface area is 144 Å². The van der Waals surface area contributed by atoms with Crippen LogP contribution in [0.25, 0.3) is 0 Å².